The van der Waals surface area contributed by atoms with Gasteiger partial charge in [0.1, 0.15) is 11.6 Å². The van der Waals surface area contributed by atoms with Crippen molar-refractivity contribution in [1.82, 2.24) is 5.32 Å². The summed E-state index contributed by atoms with van der Waals surface area (Å²) < 4.78 is 13.0. The first-order chi connectivity index (χ1) is 9.47. The number of phenols is 1. The largest absolute Gasteiger partial charge is 0.508 e. The van der Waals surface area contributed by atoms with E-state index in [-0.39, 0.29) is 17.8 Å². The molecule has 2 aromatic carbocycles. The van der Waals surface area contributed by atoms with Crippen molar-refractivity contribution in [3.05, 3.63) is 64.4 Å². The Labute approximate surface area is 123 Å². The fraction of sp³-hybridized carbons (Fsp3) is 0.250. The Balaban J connectivity index is 2.12. The molecule has 4 heteroatoms. The fourth-order valence-corrected chi connectivity index (χ4v) is 2.42. The van der Waals surface area contributed by atoms with Crippen molar-refractivity contribution in [3.63, 3.8) is 0 Å². The first kappa shape index (κ1) is 14.8. The number of aromatic hydroxyl groups is 1. The van der Waals surface area contributed by atoms with Crippen molar-refractivity contribution in [2.24, 2.45) is 0 Å². The van der Waals surface area contributed by atoms with Crippen molar-refractivity contribution in [2.45, 2.75) is 25.9 Å². The molecule has 0 aliphatic rings. The molecule has 0 saturated carbocycles. The summed E-state index contributed by atoms with van der Waals surface area (Å²) >= 11 is 5.98. The van der Waals surface area contributed by atoms with Gasteiger partial charge in [-0.1, -0.05) is 29.8 Å². The maximum absolute atomic E-state index is 13.0. The molecule has 106 valence electrons. The van der Waals surface area contributed by atoms with E-state index >= 15 is 0 Å². The molecule has 0 aliphatic carbocycles. The molecule has 0 aromatic heterocycles. The Hall–Kier alpha value is -1.58. The number of hydrogen-bond donors (Lipinski definition) is 2. The number of rotatable bonds is 4. The molecule has 2 atom stereocenters. The topological polar surface area (TPSA) is 32.3 Å². The normalized spacial score (nSPS) is 14.0. The van der Waals surface area contributed by atoms with E-state index < -0.39 is 5.82 Å². The average Bonchev–Trinajstić information content (AvgIpc) is 2.38. The number of halogens is 2. The number of benzene rings is 2. The highest BCUT2D eigenvalue weighted by molar-refractivity contribution is 6.30. The number of phenolic OH excluding ortho intramolecular Hbond substituents is 1. The van der Waals surface area contributed by atoms with Crippen LogP contribution in [0.25, 0.3) is 0 Å². The monoisotopic (exact) mass is 293 g/mol. The molecule has 20 heavy (non-hydrogen) atoms. The first-order valence-corrected chi connectivity index (χ1v) is 6.85. The second kappa shape index (κ2) is 6.25. The molecule has 0 fully saturated rings. The van der Waals surface area contributed by atoms with Crippen LogP contribution in [-0.2, 0) is 0 Å². The third kappa shape index (κ3) is 3.50. The second-order valence-electron chi connectivity index (χ2n) is 4.87. The van der Waals surface area contributed by atoms with Gasteiger partial charge in [0.2, 0.25) is 0 Å². The molecule has 0 bridgehead atoms. The van der Waals surface area contributed by atoms with E-state index in [0.717, 1.165) is 11.6 Å². The summed E-state index contributed by atoms with van der Waals surface area (Å²) in [6.07, 6.45) is 0. The summed E-state index contributed by atoms with van der Waals surface area (Å²) in [7, 11) is 0. The van der Waals surface area contributed by atoms with Gasteiger partial charge in [-0.25, -0.2) is 4.39 Å². The van der Waals surface area contributed by atoms with E-state index in [4.69, 9.17) is 11.6 Å². The van der Waals surface area contributed by atoms with Gasteiger partial charge in [-0.05, 0) is 37.6 Å². The fourth-order valence-electron chi connectivity index (χ4n) is 2.22. The average molecular weight is 294 g/mol. The Morgan fingerprint density at radius 3 is 2.50 bits per heavy atom. The van der Waals surface area contributed by atoms with Crippen LogP contribution in [0.4, 0.5) is 4.39 Å². The maximum Gasteiger partial charge on any atom is 0.126 e. The third-order valence-electron chi connectivity index (χ3n) is 3.31. The summed E-state index contributed by atoms with van der Waals surface area (Å²) in [5, 5.41) is 13.8. The van der Waals surface area contributed by atoms with Gasteiger partial charge in [0.05, 0.1) is 0 Å². The van der Waals surface area contributed by atoms with Crippen molar-refractivity contribution >= 4 is 11.6 Å². The lowest BCUT2D eigenvalue weighted by Crippen LogP contribution is -2.22. The smallest absolute Gasteiger partial charge is 0.126 e. The van der Waals surface area contributed by atoms with Gasteiger partial charge in [-0.3, -0.25) is 0 Å². The van der Waals surface area contributed by atoms with Crippen molar-refractivity contribution in [1.29, 1.82) is 0 Å². The molecule has 0 spiro atoms. The molecule has 2 N–H and O–H groups in total. The van der Waals surface area contributed by atoms with E-state index in [1.807, 2.05) is 38.1 Å². The highest BCUT2D eigenvalue weighted by Gasteiger charge is 2.14. The minimum Gasteiger partial charge on any atom is -0.508 e. The van der Waals surface area contributed by atoms with Crippen molar-refractivity contribution in [2.75, 3.05) is 0 Å². The van der Waals surface area contributed by atoms with Crippen LogP contribution in [0.15, 0.2) is 42.5 Å². The molecule has 0 amide bonds. The summed E-state index contributed by atoms with van der Waals surface area (Å²) in [6.45, 7) is 3.94. The van der Waals surface area contributed by atoms with Gasteiger partial charge < -0.3 is 10.4 Å². The summed E-state index contributed by atoms with van der Waals surface area (Å²) in [4.78, 5) is 0. The first-order valence-electron chi connectivity index (χ1n) is 6.47. The van der Waals surface area contributed by atoms with Crippen molar-refractivity contribution < 1.29 is 9.50 Å². The van der Waals surface area contributed by atoms with Gasteiger partial charge in [0.25, 0.3) is 0 Å². The summed E-state index contributed by atoms with van der Waals surface area (Å²) in [6, 6.07) is 11.6. The lowest BCUT2D eigenvalue weighted by molar-refractivity contribution is 0.434. The maximum atomic E-state index is 13.0. The molecule has 2 aromatic rings. The standard InChI is InChI=1S/C16H17ClFNO/c1-10(12-4-3-5-13(17)8-12)19-11(2)15-7-6-14(18)9-16(15)20/h3-11,19-20H,1-2H3/t10-,11?/m0/s1. The molecule has 1 unspecified atom stereocenters. The zero-order valence-corrected chi connectivity index (χ0v) is 12.2. The third-order valence-corrected chi connectivity index (χ3v) is 3.54. The highest BCUT2D eigenvalue weighted by Crippen LogP contribution is 2.27. The van der Waals surface area contributed by atoms with Crippen LogP contribution in [0.3, 0.4) is 0 Å². The minimum atomic E-state index is -0.443. The predicted octanol–water partition coefficient (Wildman–Crippen LogP) is 4.60. The quantitative estimate of drug-likeness (QED) is 0.863. The van der Waals surface area contributed by atoms with Gasteiger partial charge in [0.15, 0.2) is 0 Å². The predicted molar refractivity (Wildman–Crippen MR) is 79.5 cm³/mol. The Morgan fingerprint density at radius 2 is 1.85 bits per heavy atom. The van der Waals surface area contributed by atoms with Crippen LogP contribution >= 0.6 is 11.6 Å². The van der Waals surface area contributed by atoms with E-state index in [1.54, 1.807) is 6.07 Å². The van der Waals surface area contributed by atoms with Gasteiger partial charge >= 0.3 is 0 Å². The van der Waals surface area contributed by atoms with E-state index in [9.17, 15) is 9.50 Å². The minimum absolute atomic E-state index is 0.0386. The Kier molecular flexibility index (Phi) is 4.63. The van der Waals surface area contributed by atoms with E-state index in [2.05, 4.69) is 5.32 Å². The molecule has 2 nitrogen and oxygen atoms in total. The highest BCUT2D eigenvalue weighted by atomic mass is 35.5. The Bertz CT molecular complexity index is 603. The molecule has 0 heterocycles. The lowest BCUT2D eigenvalue weighted by atomic mass is 10.0. The van der Waals surface area contributed by atoms with Gasteiger partial charge in [-0.15, -0.1) is 0 Å². The van der Waals surface area contributed by atoms with Crippen LogP contribution in [0.1, 0.15) is 37.1 Å². The lowest BCUT2D eigenvalue weighted by Gasteiger charge is -2.21. The van der Waals surface area contributed by atoms with Gasteiger partial charge in [-0.2, -0.15) is 0 Å². The summed E-state index contributed by atoms with van der Waals surface area (Å²) in [5.74, 6) is -0.482. The molecule has 0 aliphatic heterocycles. The van der Waals surface area contributed by atoms with Crippen LogP contribution in [0, 0.1) is 5.82 Å². The molecule has 2 rings (SSSR count). The summed E-state index contributed by atoms with van der Waals surface area (Å²) in [5.41, 5.74) is 1.73. The van der Waals surface area contributed by atoms with Gasteiger partial charge in [0, 0.05) is 28.7 Å². The Morgan fingerprint density at radius 1 is 1.10 bits per heavy atom. The van der Waals surface area contributed by atoms with Crippen molar-refractivity contribution in [3.8, 4) is 5.75 Å². The van der Waals surface area contributed by atoms with Crippen LogP contribution in [-0.4, -0.2) is 5.11 Å². The zero-order chi connectivity index (χ0) is 14.7. The number of nitrogens with one attached hydrogen (secondary N) is 1. The van der Waals surface area contributed by atoms with Crippen LogP contribution < -0.4 is 5.32 Å². The molecule has 0 saturated heterocycles. The van der Waals surface area contributed by atoms with Crippen LogP contribution in [0.5, 0.6) is 5.75 Å². The zero-order valence-electron chi connectivity index (χ0n) is 11.4. The van der Waals surface area contributed by atoms with E-state index in [1.165, 1.54) is 6.07 Å². The molecule has 0 radical (unpaired) electrons. The van der Waals surface area contributed by atoms with E-state index in [0.29, 0.717) is 10.6 Å². The SMILES string of the molecule is CC(N[C@@H](C)c1cccc(Cl)c1)c1ccc(F)cc1O. The number of hydrogen-bond acceptors (Lipinski definition) is 2. The van der Waals surface area contributed by atoms with Crippen LogP contribution in [0.2, 0.25) is 5.02 Å². The molecular formula is C16H17ClFNO. The second-order valence-corrected chi connectivity index (χ2v) is 5.30. The molecular weight excluding hydrogens is 277 g/mol.